The maximum Gasteiger partial charge on any atom is 0.305 e. The Bertz CT molecular complexity index is 348. The van der Waals surface area contributed by atoms with Crippen LogP contribution < -0.4 is 0 Å². The molecule has 0 unspecified atom stereocenters. The van der Waals surface area contributed by atoms with E-state index in [2.05, 4.69) is 6.92 Å². The summed E-state index contributed by atoms with van der Waals surface area (Å²) in [6, 6.07) is 0. The quantitative estimate of drug-likeness (QED) is 0.379. The minimum absolute atomic E-state index is 0.180. The zero-order valence-electron chi connectivity index (χ0n) is 14.7. The van der Waals surface area contributed by atoms with Crippen molar-refractivity contribution in [3.05, 3.63) is 0 Å². The summed E-state index contributed by atoms with van der Waals surface area (Å²) in [6.07, 6.45) is 2.08. The number of aliphatic hydroxyl groups excluding tert-OH is 3. The first kappa shape index (κ1) is 21.3. The second kappa shape index (κ2) is 11.8. The summed E-state index contributed by atoms with van der Waals surface area (Å²) in [5, 5.41) is 29.3. The lowest BCUT2D eigenvalue weighted by Crippen LogP contribution is -2.59. The molecular weight excluding hydrogens is 316 g/mol. The Morgan fingerprint density at radius 1 is 0.958 bits per heavy atom. The van der Waals surface area contributed by atoms with Crippen molar-refractivity contribution >= 4 is 5.97 Å². The van der Waals surface area contributed by atoms with Gasteiger partial charge in [0.15, 0.2) is 6.29 Å². The molecule has 1 fully saturated rings. The fraction of sp³-hybridized carbons (Fsp3) is 0.941. The molecule has 0 saturated carbocycles. The van der Waals surface area contributed by atoms with Crippen LogP contribution in [-0.2, 0) is 19.0 Å². The number of ether oxygens (including phenoxy) is 3. The van der Waals surface area contributed by atoms with Gasteiger partial charge in [0.1, 0.15) is 31.0 Å². The van der Waals surface area contributed by atoms with Crippen molar-refractivity contribution in [2.45, 2.75) is 89.0 Å². The summed E-state index contributed by atoms with van der Waals surface area (Å²) >= 11 is 0. The molecule has 1 heterocycles. The van der Waals surface area contributed by atoms with Crippen LogP contribution in [0.4, 0.5) is 0 Å². The van der Waals surface area contributed by atoms with Gasteiger partial charge in [0.05, 0.1) is 0 Å². The second-order valence-electron chi connectivity index (χ2n) is 6.30. The van der Waals surface area contributed by atoms with Crippen molar-refractivity contribution in [1.82, 2.24) is 0 Å². The topological polar surface area (TPSA) is 105 Å². The number of carbonyl (C=O) groups excluding carboxylic acids is 1. The van der Waals surface area contributed by atoms with E-state index in [-0.39, 0.29) is 12.6 Å². The van der Waals surface area contributed by atoms with Crippen LogP contribution in [-0.4, -0.2) is 65.7 Å². The molecule has 7 heteroatoms. The highest BCUT2D eigenvalue weighted by atomic mass is 16.7. The summed E-state index contributed by atoms with van der Waals surface area (Å²) in [5.74, 6) is -0.353. The van der Waals surface area contributed by atoms with Crippen LogP contribution in [0.5, 0.6) is 0 Å². The maximum atomic E-state index is 11.7. The van der Waals surface area contributed by atoms with Gasteiger partial charge in [0, 0.05) is 13.5 Å². The van der Waals surface area contributed by atoms with Gasteiger partial charge in [0.2, 0.25) is 0 Å². The molecule has 0 bridgehead atoms. The van der Waals surface area contributed by atoms with Crippen molar-refractivity contribution < 1.29 is 34.3 Å². The van der Waals surface area contributed by atoms with Crippen LogP contribution in [0.2, 0.25) is 0 Å². The van der Waals surface area contributed by atoms with Crippen molar-refractivity contribution in [2.75, 3.05) is 13.7 Å². The van der Waals surface area contributed by atoms with Gasteiger partial charge in [-0.25, -0.2) is 0 Å². The first-order chi connectivity index (χ1) is 11.5. The average Bonchev–Trinajstić information content (AvgIpc) is 2.58. The summed E-state index contributed by atoms with van der Waals surface area (Å²) in [6.45, 7) is 2.00. The van der Waals surface area contributed by atoms with E-state index in [0.29, 0.717) is 6.42 Å². The molecular formula is C17H32O7. The minimum Gasteiger partial charge on any atom is -0.463 e. The van der Waals surface area contributed by atoms with Crippen LogP contribution >= 0.6 is 0 Å². The van der Waals surface area contributed by atoms with Crippen LogP contribution in [0.15, 0.2) is 0 Å². The van der Waals surface area contributed by atoms with E-state index < -0.39 is 30.7 Å². The number of esters is 1. The normalized spacial score (nSPS) is 30.3. The highest BCUT2D eigenvalue weighted by Gasteiger charge is 2.44. The molecule has 1 saturated heterocycles. The number of hydrogen-bond donors (Lipinski definition) is 3. The second-order valence-corrected chi connectivity index (χ2v) is 6.30. The van der Waals surface area contributed by atoms with E-state index in [0.717, 1.165) is 19.3 Å². The molecule has 7 nitrogen and oxygen atoms in total. The number of rotatable bonds is 11. The maximum absolute atomic E-state index is 11.7. The van der Waals surface area contributed by atoms with Gasteiger partial charge < -0.3 is 29.5 Å². The molecule has 1 aliphatic rings. The Labute approximate surface area is 143 Å². The fourth-order valence-electron chi connectivity index (χ4n) is 2.72. The van der Waals surface area contributed by atoms with Crippen LogP contribution in [0.3, 0.4) is 0 Å². The first-order valence-electron chi connectivity index (χ1n) is 8.89. The van der Waals surface area contributed by atoms with E-state index >= 15 is 0 Å². The summed E-state index contributed by atoms with van der Waals surface area (Å²) in [5.41, 5.74) is 0. The average molecular weight is 348 g/mol. The Morgan fingerprint density at radius 3 is 2.21 bits per heavy atom. The van der Waals surface area contributed by atoms with Crippen LogP contribution in [0.25, 0.3) is 0 Å². The summed E-state index contributed by atoms with van der Waals surface area (Å²) < 4.78 is 15.3. The Hall–Kier alpha value is -0.730. The van der Waals surface area contributed by atoms with E-state index in [1.54, 1.807) is 0 Å². The largest absolute Gasteiger partial charge is 0.463 e. The lowest BCUT2D eigenvalue weighted by molar-refractivity contribution is -0.295. The zero-order valence-corrected chi connectivity index (χ0v) is 14.7. The molecule has 0 aliphatic carbocycles. The standard InChI is InChI=1S/C17H32O7/c1-3-4-5-6-7-8-9-10-13(18)23-11-12-14(19)15(20)16(21)17(22-2)24-12/h12,14-17,19-21H,3-11H2,1-2H3/t12-,14+,15+,16-,17+/m1/s1. The molecule has 0 aromatic rings. The predicted molar refractivity (Wildman–Crippen MR) is 87.3 cm³/mol. The Kier molecular flexibility index (Phi) is 10.4. The molecule has 1 rings (SSSR count). The highest BCUT2D eigenvalue weighted by molar-refractivity contribution is 5.69. The molecule has 5 atom stereocenters. The third-order valence-electron chi connectivity index (χ3n) is 4.29. The van der Waals surface area contributed by atoms with Crippen molar-refractivity contribution in [1.29, 1.82) is 0 Å². The van der Waals surface area contributed by atoms with Crippen LogP contribution in [0.1, 0.15) is 58.3 Å². The van der Waals surface area contributed by atoms with E-state index in [4.69, 9.17) is 14.2 Å². The Morgan fingerprint density at radius 2 is 1.58 bits per heavy atom. The van der Waals surface area contributed by atoms with E-state index in [9.17, 15) is 20.1 Å². The van der Waals surface area contributed by atoms with Gasteiger partial charge in [0.25, 0.3) is 0 Å². The molecule has 142 valence electrons. The number of carbonyl (C=O) groups is 1. The first-order valence-corrected chi connectivity index (χ1v) is 8.89. The SMILES string of the molecule is CCCCCCCCCC(=O)OC[C@H]1O[C@H](OC)[C@H](O)[C@@H](O)[C@H]1O. The molecule has 0 aromatic heterocycles. The monoisotopic (exact) mass is 348 g/mol. The van der Waals surface area contributed by atoms with Gasteiger partial charge in [-0.2, -0.15) is 0 Å². The lowest BCUT2D eigenvalue weighted by atomic mass is 9.99. The summed E-state index contributed by atoms with van der Waals surface area (Å²) in [7, 11) is 1.32. The van der Waals surface area contributed by atoms with Gasteiger partial charge in [-0.3, -0.25) is 4.79 Å². The van der Waals surface area contributed by atoms with Gasteiger partial charge in [-0.05, 0) is 6.42 Å². The molecule has 1 aliphatic heterocycles. The van der Waals surface area contributed by atoms with E-state index in [1.807, 2.05) is 0 Å². The zero-order chi connectivity index (χ0) is 17.9. The molecule has 24 heavy (non-hydrogen) atoms. The van der Waals surface area contributed by atoms with Crippen molar-refractivity contribution in [3.63, 3.8) is 0 Å². The number of unbranched alkanes of at least 4 members (excludes halogenated alkanes) is 6. The van der Waals surface area contributed by atoms with Crippen molar-refractivity contribution in [2.24, 2.45) is 0 Å². The number of methoxy groups -OCH3 is 1. The van der Waals surface area contributed by atoms with E-state index in [1.165, 1.54) is 32.8 Å². The molecule has 0 aromatic carbocycles. The van der Waals surface area contributed by atoms with Gasteiger partial charge >= 0.3 is 5.97 Å². The van der Waals surface area contributed by atoms with Crippen LogP contribution in [0, 0.1) is 0 Å². The number of hydrogen-bond acceptors (Lipinski definition) is 7. The minimum atomic E-state index is -1.41. The Balaban J connectivity index is 2.19. The van der Waals surface area contributed by atoms with Crippen molar-refractivity contribution in [3.8, 4) is 0 Å². The molecule has 0 amide bonds. The third kappa shape index (κ3) is 7.03. The molecule has 0 spiro atoms. The fourth-order valence-corrected chi connectivity index (χ4v) is 2.72. The van der Waals surface area contributed by atoms with Gasteiger partial charge in [-0.15, -0.1) is 0 Å². The van der Waals surface area contributed by atoms with Gasteiger partial charge in [-0.1, -0.05) is 45.4 Å². The smallest absolute Gasteiger partial charge is 0.305 e. The lowest BCUT2D eigenvalue weighted by Gasteiger charge is -2.39. The predicted octanol–water partition coefficient (Wildman–Crippen LogP) is 1.12. The highest BCUT2D eigenvalue weighted by Crippen LogP contribution is 2.22. The third-order valence-corrected chi connectivity index (χ3v) is 4.29. The summed E-state index contributed by atoms with van der Waals surface area (Å²) in [4.78, 5) is 11.7. The molecule has 0 radical (unpaired) electrons. The number of aliphatic hydroxyl groups is 3. The molecule has 3 N–H and O–H groups in total.